The molecule has 21 heavy (non-hydrogen) atoms. The molecule has 0 atom stereocenters. The third-order valence-corrected chi connectivity index (χ3v) is 4.74. The summed E-state index contributed by atoms with van der Waals surface area (Å²) in [7, 11) is 0. The first-order chi connectivity index (χ1) is 10.1. The maximum Gasteiger partial charge on any atom is 0.323 e. The van der Waals surface area contributed by atoms with Crippen molar-refractivity contribution in [1.82, 2.24) is 10.3 Å². The molecule has 112 valence electrons. The van der Waals surface area contributed by atoms with Gasteiger partial charge in [0.1, 0.15) is 10.5 Å². The molecule has 0 amide bonds. The van der Waals surface area contributed by atoms with E-state index >= 15 is 0 Å². The zero-order valence-corrected chi connectivity index (χ0v) is 13.1. The zero-order chi connectivity index (χ0) is 15.3. The van der Waals surface area contributed by atoms with Crippen molar-refractivity contribution in [2.75, 3.05) is 0 Å². The maximum absolute atomic E-state index is 11.5. The van der Waals surface area contributed by atoms with Gasteiger partial charge in [-0.3, -0.25) is 10.1 Å². The number of aromatic nitrogens is 1. The number of carboxylic acids is 1. The van der Waals surface area contributed by atoms with E-state index in [1.54, 1.807) is 11.3 Å². The largest absolute Gasteiger partial charge is 0.480 e. The van der Waals surface area contributed by atoms with E-state index in [4.69, 9.17) is 0 Å². The van der Waals surface area contributed by atoms with Gasteiger partial charge in [-0.25, -0.2) is 4.98 Å². The van der Waals surface area contributed by atoms with Crippen molar-refractivity contribution in [3.05, 3.63) is 41.4 Å². The highest BCUT2D eigenvalue weighted by atomic mass is 32.1. The highest BCUT2D eigenvalue weighted by Crippen LogP contribution is 2.24. The van der Waals surface area contributed by atoms with Crippen LogP contribution in [0.15, 0.2) is 35.7 Å². The SMILES string of the molecule is CCC(CC)(NCc1csc(-c2ccccc2)n1)C(=O)O. The number of hydrogen-bond acceptors (Lipinski definition) is 4. The van der Waals surface area contributed by atoms with Gasteiger partial charge in [0.05, 0.1) is 5.69 Å². The summed E-state index contributed by atoms with van der Waals surface area (Å²) >= 11 is 1.58. The average Bonchev–Trinajstić information content (AvgIpc) is 2.98. The van der Waals surface area contributed by atoms with Crippen molar-refractivity contribution in [3.63, 3.8) is 0 Å². The summed E-state index contributed by atoms with van der Waals surface area (Å²) in [5.41, 5.74) is 1.10. The summed E-state index contributed by atoms with van der Waals surface area (Å²) in [4.78, 5) is 16.0. The predicted molar refractivity (Wildman–Crippen MR) is 85.3 cm³/mol. The Kier molecular flexibility index (Phi) is 5.09. The van der Waals surface area contributed by atoms with Crippen LogP contribution in [0.3, 0.4) is 0 Å². The van der Waals surface area contributed by atoms with Crippen LogP contribution in [-0.2, 0) is 11.3 Å². The van der Waals surface area contributed by atoms with E-state index in [-0.39, 0.29) is 0 Å². The van der Waals surface area contributed by atoms with Crippen LogP contribution in [0.1, 0.15) is 32.4 Å². The molecule has 2 aromatic rings. The first kappa shape index (κ1) is 15.7. The Labute approximate surface area is 128 Å². The summed E-state index contributed by atoms with van der Waals surface area (Å²) in [6.45, 7) is 4.25. The van der Waals surface area contributed by atoms with Gasteiger partial charge in [0.2, 0.25) is 0 Å². The monoisotopic (exact) mass is 304 g/mol. The van der Waals surface area contributed by atoms with Gasteiger partial charge in [0.15, 0.2) is 0 Å². The van der Waals surface area contributed by atoms with E-state index in [0.717, 1.165) is 16.3 Å². The van der Waals surface area contributed by atoms with Crippen LogP contribution in [0.5, 0.6) is 0 Å². The molecule has 5 heteroatoms. The molecular weight excluding hydrogens is 284 g/mol. The molecule has 1 aromatic carbocycles. The lowest BCUT2D eigenvalue weighted by atomic mass is 9.93. The number of thiazole rings is 1. The number of nitrogens with zero attached hydrogens (tertiary/aromatic N) is 1. The molecule has 1 aromatic heterocycles. The minimum absolute atomic E-state index is 0.470. The van der Waals surface area contributed by atoms with Gasteiger partial charge < -0.3 is 5.11 Å². The highest BCUT2D eigenvalue weighted by Gasteiger charge is 2.34. The fourth-order valence-electron chi connectivity index (χ4n) is 2.24. The molecule has 0 aliphatic rings. The van der Waals surface area contributed by atoms with E-state index in [0.29, 0.717) is 19.4 Å². The highest BCUT2D eigenvalue weighted by molar-refractivity contribution is 7.13. The van der Waals surface area contributed by atoms with Crippen molar-refractivity contribution in [3.8, 4) is 10.6 Å². The molecule has 0 saturated carbocycles. The first-order valence-electron chi connectivity index (χ1n) is 7.09. The first-order valence-corrected chi connectivity index (χ1v) is 7.97. The Morgan fingerprint density at radius 3 is 2.52 bits per heavy atom. The van der Waals surface area contributed by atoms with Gasteiger partial charge in [-0.05, 0) is 12.8 Å². The van der Waals surface area contributed by atoms with Gasteiger partial charge in [-0.15, -0.1) is 11.3 Å². The standard InChI is InChI=1S/C16H20N2O2S/c1-3-16(4-2,15(19)20)17-10-13-11-21-14(18-13)12-8-6-5-7-9-12/h5-9,11,17H,3-4,10H2,1-2H3,(H,19,20). The molecule has 0 unspecified atom stereocenters. The van der Waals surface area contributed by atoms with Crippen molar-refractivity contribution in [1.29, 1.82) is 0 Å². The third-order valence-electron chi connectivity index (χ3n) is 3.80. The smallest absolute Gasteiger partial charge is 0.323 e. The van der Waals surface area contributed by atoms with Crippen LogP contribution < -0.4 is 5.32 Å². The Morgan fingerprint density at radius 2 is 1.95 bits per heavy atom. The number of hydrogen-bond donors (Lipinski definition) is 2. The second-order valence-electron chi connectivity index (χ2n) is 4.96. The van der Waals surface area contributed by atoms with Gasteiger partial charge >= 0.3 is 5.97 Å². The fourth-order valence-corrected chi connectivity index (χ4v) is 3.07. The number of carbonyl (C=O) groups is 1. The Balaban J connectivity index is 2.08. The average molecular weight is 304 g/mol. The van der Waals surface area contributed by atoms with Gasteiger partial charge in [0, 0.05) is 17.5 Å². The molecule has 0 bridgehead atoms. The van der Waals surface area contributed by atoms with Crippen molar-refractivity contribution < 1.29 is 9.90 Å². The lowest BCUT2D eigenvalue weighted by molar-refractivity contribution is -0.145. The number of benzene rings is 1. The fraction of sp³-hybridized carbons (Fsp3) is 0.375. The molecule has 2 N–H and O–H groups in total. The van der Waals surface area contributed by atoms with Crippen LogP contribution in [0.4, 0.5) is 0 Å². The summed E-state index contributed by atoms with van der Waals surface area (Å²) in [6, 6.07) is 9.99. The summed E-state index contributed by atoms with van der Waals surface area (Å²) in [6.07, 6.45) is 1.10. The quantitative estimate of drug-likeness (QED) is 0.821. The third kappa shape index (κ3) is 3.49. The minimum Gasteiger partial charge on any atom is -0.480 e. The zero-order valence-electron chi connectivity index (χ0n) is 12.3. The molecule has 0 aliphatic heterocycles. The second-order valence-corrected chi connectivity index (χ2v) is 5.82. The van der Waals surface area contributed by atoms with Gasteiger partial charge in [-0.1, -0.05) is 44.2 Å². The topological polar surface area (TPSA) is 62.2 Å². The molecule has 1 heterocycles. The predicted octanol–water partition coefficient (Wildman–Crippen LogP) is 3.54. The van der Waals surface area contributed by atoms with Gasteiger partial charge in [0.25, 0.3) is 0 Å². The molecule has 0 fully saturated rings. The van der Waals surface area contributed by atoms with E-state index in [2.05, 4.69) is 10.3 Å². The number of carboxylic acid groups (broad SMARTS) is 1. The van der Waals surface area contributed by atoms with E-state index in [9.17, 15) is 9.90 Å². The molecule has 0 aliphatic carbocycles. The summed E-state index contributed by atoms with van der Waals surface area (Å²) in [5, 5.41) is 15.5. The Bertz CT molecular complexity index is 591. The van der Waals surface area contributed by atoms with Crippen molar-refractivity contribution in [2.24, 2.45) is 0 Å². The normalized spacial score (nSPS) is 11.5. The van der Waals surface area contributed by atoms with Crippen LogP contribution in [0, 0.1) is 0 Å². The van der Waals surface area contributed by atoms with E-state index < -0.39 is 11.5 Å². The lowest BCUT2D eigenvalue weighted by Gasteiger charge is -2.27. The summed E-state index contributed by atoms with van der Waals surface area (Å²) < 4.78 is 0. The van der Waals surface area contributed by atoms with Crippen LogP contribution in [0.25, 0.3) is 10.6 Å². The number of nitrogens with one attached hydrogen (secondary N) is 1. The molecule has 0 radical (unpaired) electrons. The van der Waals surface area contributed by atoms with E-state index in [1.807, 2.05) is 49.6 Å². The van der Waals surface area contributed by atoms with E-state index in [1.165, 1.54) is 0 Å². The Hall–Kier alpha value is -1.72. The molecule has 2 rings (SSSR count). The summed E-state index contributed by atoms with van der Waals surface area (Å²) in [5.74, 6) is -0.800. The minimum atomic E-state index is -0.865. The van der Waals surface area contributed by atoms with Crippen molar-refractivity contribution in [2.45, 2.75) is 38.8 Å². The van der Waals surface area contributed by atoms with Crippen LogP contribution in [-0.4, -0.2) is 21.6 Å². The van der Waals surface area contributed by atoms with Crippen LogP contribution in [0.2, 0.25) is 0 Å². The number of rotatable bonds is 7. The molecule has 4 nitrogen and oxygen atoms in total. The Morgan fingerprint density at radius 1 is 1.29 bits per heavy atom. The molecule has 0 saturated heterocycles. The maximum atomic E-state index is 11.5. The molecule has 0 spiro atoms. The van der Waals surface area contributed by atoms with Gasteiger partial charge in [-0.2, -0.15) is 0 Å². The number of aliphatic carboxylic acids is 1. The lowest BCUT2D eigenvalue weighted by Crippen LogP contribution is -2.50. The second kappa shape index (κ2) is 6.83. The van der Waals surface area contributed by atoms with Crippen molar-refractivity contribution >= 4 is 17.3 Å². The molecular formula is C16H20N2O2S. The van der Waals surface area contributed by atoms with Crippen LogP contribution >= 0.6 is 11.3 Å².